The predicted molar refractivity (Wildman–Crippen MR) is 112 cm³/mol. The van der Waals surface area contributed by atoms with Crippen molar-refractivity contribution in [2.24, 2.45) is 0 Å². The van der Waals surface area contributed by atoms with Gasteiger partial charge in [0, 0.05) is 12.8 Å². The zero-order valence-corrected chi connectivity index (χ0v) is 17.8. The van der Waals surface area contributed by atoms with Gasteiger partial charge in [-0.15, -0.1) is 0 Å². The van der Waals surface area contributed by atoms with Crippen LogP contribution in [0, 0.1) is 0 Å². The van der Waals surface area contributed by atoms with Gasteiger partial charge in [-0.05, 0) is 60.1 Å². The van der Waals surface area contributed by atoms with Crippen molar-refractivity contribution in [2.75, 3.05) is 0 Å². The van der Waals surface area contributed by atoms with E-state index in [2.05, 4.69) is 0 Å². The number of allylic oxidation sites excluding steroid dienone is 1. The molecule has 0 heterocycles. The maximum atomic E-state index is 13.6. The quantitative estimate of drug-likeness (QED) is 0.323. The zero-order valence-electron chi connectivity index (χ0n) is 17.8. The number of ketones is 2. The van der Waals surface area contributed by atoms with Crippen molar-refractivity contribution in [1.82, 2.24) is 0 Å². The SMILES string of the molecule is CC(=O)CC1CCc2cc(/C=C/C(=O)CC(c3cccc(C(F)(F)F)c3)C(F)(F)F)ccc21. The lowest BCUT2D eigenvalue weighted by molar-refractivity contribution is -0.156. The van der Waals surface area contributed by atoms with Gasteiger partial charge in [-0.1, -0.05) is 42.5 Å². The highest BCUT2D eigenvalue weighted by Gasteiger charge is 2.42. The summed E-state index contributed by atoms with van der Waals surface area (Å²) in [5, 5.41) is 0. The fraction of sp³-hybridized carbons (Fsp3) is 0.360. The van der Waals surface area contributed by atoms with E-state index >= 15 is 0 Å². The molecule has 0 saturated heterocycles. The van der Waals surface area contributed by atoms with Crippen molar-refractivity contribution >= 4 is 17.6 Å². The minimum Gasteiger partial charge on any atom is -0.300 e. The number of halogens is 6. The molecule has 2 nitrogen and oxygen atoms in total. The predicted octanol–water partition coefficient (Wildman–Crippen LogP) is 7.03. The van der Waals surface area contributed by atoms with Gasteiger partial charge >= 0.3 is 12.4 Å². The number of fused-ring (bicyclic) bond motifs is 1. The molecule has 1 aliphatic rings. The second-order valence-electron chi connectivity index (χ2n) is 8.32. The lowest BCUT2D eigenvalue weighted by Crippen LogP contribution is -2.23. The van der Waals surface area contributed by atoms with Gasteiger partial charge < -0.3 is 4.79 Å². The van der Waals surface area contributed by atoms with E-state index in [1.165, 1.54) is 13.0 Å². The average molecular weight is 468 g/mol. The van der Waals surface area contributed by atoms with Gasteiger partial charge in [-0.2, -0.15) is 26.3 Å². The molecule has 0 amide bonds. The largest absolute Gasteiger partial charge is 0.416 e. The van der Waals surface area contributed by atoms with E-state index in [-0.39, 0.29) is 11.7 Å². The Morgan fingerprint density at radius 3 is 2.42 bits per heavy atom. The molecule has 2 unspecified atom stereocenters. The molecule has 0 N–H and O–H groups in total. The number of rotatable bonds is 7. The van der Waals surface area contributed by atoms with Gasteiger partial charge in [-0.25, -0.2) is 0 Å². The van der Waals surface area contributed by atoms with Crippen LogP contribution < -0.4 is 0 Å². The van der Waals surface area contributed by atoms with Crippen molar-refractivity contribution in [3.63, 3.8) is 0 Å². The Bertz CT molecular complexity index is 1070. The minimum atomic E-state index is -4.88. The second-order valence-corrected chi connectivity index (χ2v) is 8.32. The third kappa shape index (κ3) is 6.33. The van der Waals surface area contributed by atoms with E-state index in [1.807, 2.05) is 12.1 Å². The minimum absolute atomic E-state index is 0.0995. The maximum absolute atomic E-state index is 13.6. The van der Waals surface area contributed by atoms with E-state index in [1.54, 1.807) is 6.07 Å². The first-order valence-corrected chi connectivity index (χ1v) is 10.4. The number of alkyl halides is 6. The number of hydrogen-bond donors (Lipinski definition) is 0. The normalized spacial score (nSPS) is 17.2. The van der Waals surface area contributed by atoms with Gasteiger partial charge in [0.25, 0.3) is 0 Å². The van der Waals surface area contributed by atoms with Crippen molar-refractivity contribution in [1.29, 1.82) is 0 Å². The summed E-state index contributed by atoms with van der Waals surface area (Å²) in [5.74, 6) is -2.94. The van der Waals surface area contributed by atoms with Gasteiger partial charge in [0.05, 0.1) is 11.5 Å². The number of carbonyl (C=O) groups is 2. The molecule has 1 aliphatic carbocycles. The maximum Gasteiger partial charge on any atom is 0.416 e. The molecule has 2 aromatic carbocycles. The molecule has 33 heavy (non-hydrogen) atoms. The Balaban J connectivity index is 1.75. The van der Waals surface area contributed by atoms with Crippen molar-refractivity contribution < 1.29 is 35.9 Å². The van der Waals surface area contributed by atoms with Crippen LogP contribution >= 0.6 is 0 Å². The first-order valence-electron chi connectivity index (χ1n) is 10.4. The third-order valence-electron chi connectivity index (χ3n) is 5.78. The summed E-state index contributed by atoms with van der Waals surface area (Å²) in [5.41, 5.74) is 0.933. The highest BCUT2D eigenvalue weighted by Crippen LogP contribution is 2.40. The molecule has 0 saturated carbocycles. The zero-order chi connectivity index (χ0) is 24.4. The van der Waals surface area contributed by atoms with E-state index in [0.29, 0.717) is 24.1 Å². The molecule has 176 valence electrons. The van der Waals surface area contributed by atoms with Gasteiger partial charge in [0.15, 0.2) is 5.78 Å². The van der Waals surface area contributed by atoms with Crippen LogP contribution in [0.5, 0.6) is 0 Å². The van der Waals surface area contributed by atoms with Crippen molar-refractivity contribution in [3.05, 3.63) is 76.4 Å². The molecule has 2 aromatic rings. The van der Waals surface area contributed by atoms with Crippen molar-refractivity contribution in [3.8, 4) is 0 Å². The summed E-state index contributed by atoms with van der Waals surface area (Å²) < 4.78 is 79.4. The smallest absolute Gasteiger partial charge is 0.300 e. The third-order valence-corrected chi connectivity index (χ3v) is 5.78. The van der Waals surface area contributed by atoms with Crippen LogP contribution in [0.3, 0.4) is 0 Å². The van der Waals surface area contributed by atoms with E-state index < -0.39 is 41.6 Å². The number of benzene rings is 2. The molecule has 2 atom stereocenters. The summed E-state index contributed by atoms with van der Waals surface area (Å²) in [6, 6.07) is 8.41. The van der Waals surface area contributed by atoms with Crippen LogP contribution in [0.25, 0.3) is 6.08 Å². The number of Topliss-reactive ketones (excluding diaryl/α,β-unsaturated/α-hetero) is 1. The van der Waals surface area contributed by atoms with Gasteiger partial charge in [0.1, 0.15) is 5.78 Å². The standard InChI is InChI=1S/C25H22F6O2/c1-15(32)11-17-7-8-18-12-16(6-10-22(17)18)5-9-21(33)14-23(25(29,30)31)19-3-2-4-20(13-19)24(26,27)28/h2-6,9-10,12-13,17,23H,7-8,11,14H2,1H3/b9-5+. The molecule has 0 bridgehead atoms. The number of hydrogen-bond acceptors (Lipinski definition) is 2. The Kier molecular flexibility index (Phi) is 7.14. The Labute approximate surface area is 187 Å². The highest BCUT2D eigenvalue weighted by atomic mass is 19.4. The molecule has 0 spiro atoms. The summed E-state index contributed by atoms with van der Waals surface area (Å²) in [4.78, 5) is 23.7. The summed E-state index contributed by atoms with van der Waals surface area (Å²) in [6.45, 7) is 1.54. The van der Waals surface area contributed by atoms with E-state index in [0.717, 1.165) is 42.2 Å². The monoisotopic (exact) mass is 468 g/mol. The van der Waals surface area contributed by atoms with E-state index in [9.17, 15) is 35.9 Å². The molecule has 3 rings (SSSR count). The molecule has 8 heteroatoms. The first-order chi connectivity index (χ1) is 15.3. The molecular weight excluding hydrogens is 446 g/mol. The van der Waals surface area contributed by atoms with Crippen LogP contribution in [0.15, 0.2) is 48.5 Å². The van der Waals surface area contributed by atoms with Gasteiger partial charge in [-0.3, -0.25) is 4.79 Å². The highest BCUT2D eigenvalue weighted by molar-refractivity contribution is 5.94. The second kappa shape index (κ2) is 9.53. The lowest BCUT2D eigenvalue weighted by Gasteiger charge is -2.20. The van der Waals surface area contributed by atoms with Gasteiger partial charge in [0.2, 0.25) is 0 Å². The molecule has 0 radical (unpaired) electrons. The lowest BCUT2D eigenvalue weighted by atomic mass is 9.91. The summed E-state index contributed by atoms with van der Waals surface area (Å²) >= 11 is 0. The van der Waals surface area contributed by atoms with Crippen LogP contribution in [0.4, 0.5) is 26.3 Å². The number of aryl methyl sites for hydroxylation is 1. The number of carbonyl (C=O) groups excluding carboxylic acids is 2. The summed E-state index contributed by atoms with van der Waals surface area (Å²) in [6.07, 6.45) is -6.17. The van der Waals surface area contributed by atoms with Crippen LogP contribution in [-0.4, -0.2) is 17.7 Å². The van der Waals surface area contributed by atoms with Crippen molar-refractivity contribution in [2.45, 2.75) is 56.8 Å². The van der Waals surface area contributed by atoms with Crippen LogP contribution in [-0.2, 0) is 22.2 Å². The molecule has 0 aromatic heterocycles. The molecular formula is C25H22F6O2. The topological polar surface area (TPSA) is 34.1 Å². The van der Waals surface area contributed by atoms with Crippen LogP contribution in [0.1, 0.15) is 65.8 Å². The van der Waals surface area contributed by atoms with Crippen LogP contribution in [0.2, 0.25) is 0 Å². The Morgan fingerprint density at radius 1 is 1.06 bits per heavy atom. The fourth-order valence-electron chi connectivity index (χ4n) is 4.20. The fourth-order valence-corrected chi connectivity index (χ4v) is 4.20. The first kappa shape index (κ1) is 24.7. The van der Waals surface area contributed by atoms with E-state index in [4.69, 9.17) is 0 Å². The Hall–Kier alpha value is -2.90. The molecule has 0 fully saturated rings. The summed E-state index contributed by atoms with van der Waals surface area (Å²) in [7, 11) is 0. The molecule has 0 aliphatic heterocycles. The Morgan fingerprint density at radius 2 is 1.79 bits per heavy atom. The average Bonchev–Trinajstić information content (AvgIpc) is 3.10.